The molecule has 4 rings (SSSR count). The summed E-state index contributed by atoms with van der Waals surface area (Å²) in [6, 6.07) is 18.5. The van der Waals surface area contributed by atoms with Gasteiger partial charge in [0.15, 0.2) is 12.6 Å². The van der Waals surface area contributed by atoms with E-state index < -0.39 is 32.3 Å². The highest BCUT2D eigenvalue weighted by molar-refractivity contribution is 7.54. The average Bonchev–Trinajstić information content (AvgIpc) is 2.84. The second-order valence-electron chi connectivity index (χ2n) is 8.42. The fourth-order valence-corrected chi connectivity index (χ4v) is 5.71. The third-order valence-electron chi connectivity index (χ3n) is 5.37. The number of benzene rings is 3. The Bertz CT molecular complexity index is 1300. The molecule has 0 aromatic heterocycles. The van der Waals surface area contributed by atoms with E-state index in [1.54, 1.807) is 68.4 Å². The van der Waals surface area contributed by atoms with Crippen LogP contribution >= 0.6 is 30.8 Å². The molecule has 0 aliphatic carbocycles. The van der Waals surface area contributed by atoms with Gasteiger partial charge in [-0.3, -0.25) is 9.32 Å². The molecule has 9 nitrogen and oxygen atoms in total. The lowest BCUT2D eigenvalue weighted by molar-refractivity contribution is -0.394. The molecule has 0 radical (unpaired) electrons. The summed E-state index contributed by atoms with van der Waals surface area (Å²) >= 11 is 13.0. The van der Waals surface area contributed by atoms with Crippen molar-refractivity contribution >= 4 is 48.1 Å². The van der Waals surface area contributed by atoms with Crippen LogP contribution in [0.1, 0.15) is 19.4 Å². The molecule has 2 unspecified atom stereocenters. The van der Waals surface area contributed by atoms with Gasteiger partial charge in [0.1, 0.15) is 17.6 Å². The summed E-state index contributed by atoms with van der Waals surface area (Å²) in [5, 5.41) is 12.7. The van der Waals surface area contributed by atoms with Crippen molar-refractivity contribution in [3.8, 4) is 11.5 Å². The molecule has 38 heavy (non-hydrogen) atoms. The Hall–Kier alpha value is -2.78. The summed E-state index contributed by atoms with van der Waals surface area (Å²) in [6.07, 6.45) is -2.38. The van der Waals surface area contributed by atoms with E-state index in [1.807, 2.05) is 0 Å². The summed E-state index contributed by atoms with van der Waals surface area (Å²) in [4.78, 5) is 11.2. The molecule has 1 fully saturated rings. The number of nitrogens with one attached hydrogen (secondary N) is 1. The largest absolute Gasteiger partial charge is 0.481 e. The number of aliphatic carboxylic acids is 1. The maximum atomic E-state index is 13.7. The summed E-state index contributed by atoms with van der Waals surface area (Å²) in [5.74, 6) is -0.405. The number of carboxylic acid groups (broad SMARTS) is 1. The lowest BCUT2D eigenvalue weighted by Gasteiger charge is -2.38. The highest BCUT2D eigenvalue weighted by atomic mass is 35.5. The molecule has 0 bridgehead atoms. The van der Waals surface area contributed by atoms with Crippen LogP contribution in [0, 0.1) is 0 Å². The van der Waals surface area contributed by atoms with Crippen LogP contribution in [0.25, 0.3) is 0 Å². The first-order valence-electron chi connectivity index (χ1n) is 11.6. The van der Waals surface area contributed by atoms with Gasteiger partial charge in [0.05, 0.1) is 22.2 Å². The van der Waals surface area contributed by atoms with Crippen molar-refractivity contribution in [1.29, 1.82) is 0 Å². The Balaban J connectivity index is 1.50. The normalized spacial score (nSPS) is 19.1. The lowest BCUT2D eigenvalue weighted by atomic mass is 10.1. The molecule has 1 heterocycles. The Morgan fingerprint density at radius 1 is 1.05 bits per heavy atom. The quantitative estimate of drug-likeness (QED) is 0.216. The monoisotopic (exact) mass is 581 g/mol. The fourth-order valence-electron chi connectivity index (χ4n) is 3.63. The summed E-state index contributed by atoms with van der Waals surface area (Å²) in [7, 11) is -3.87. The van der Waals surface area contributed by atoms with Gasteiger partial charge in [0.2, 0.25) is 6.35 Å². The second-order valence-corrected chi connectivity index (χ2v) is 11.1. The van der Waals surface area contributed by atoms with Crippen LogP contribution in [-0.2, 0) is 29.8 Å². The molecule has 1 aliphatic heterocycles. The van der Waals surface area contributed by atoms with Gasteiger partial charge in [-0.25, -0.2) is 4.57 Å². The van der Waals surface area contributed by atoms with Crippen molar-refractivity contribution in [3.63, 3.8) is 0 Å². The third kappa shape index (κ3) is 7.41. The number of hydrogen-bond acceptors (Lipinski definition) is 8. The van der Waals surface area contributed by atoms with Crippen LogP contribution < -0.4 is 14.6 Å². The molecule has 1 aliphatic rings. The fraction of sp³-hybridized carbons (Fsp3) is 0.269. The van der Waals surface area contributed by atoms with Crippen LogP contribution in [0.4, 0.5) is 11.4 Å². The molecule has 2 atom stereocenters. The van der Waals surface area contributed by atoms with Crippen LogP contribution in [0.2, 0.25) is 10.0 Å². The topological polar surface area (TPSA) is 113 Å². The third-order valence-corrected chi connectivity index (χ3v) is 7.56. The van der Waals surface area contributed by atoms with Crippen molar-refractivity contribution in [2.75, 3.05) is 11.7 Å². The number of halogens is 2. The van der Waals surface area contributed by atoms with E-state index in [0.29, 0.717) is 22.7 Å². The van der Waals surface area contributed by atoms with Crippen molar-refractivity contribution in [2.24, 2.45) is 0 Å². The second kappa shape index (κ2) is 12.4. The predicted molar refractivity (Wildman–Crippen MR) is 144 cm³/mol. The summed E-state index contributed by atoms with van der Waals surface area (Å²) in [6.45, 7) is 3.40. The Kier molecular flexibility index (Phi) is 9.20. The van der Waals surface area contributed by atoms with Crippen LogP contribution in [0.3, 0.4) is 0 Å². The van der Waals surface area contributed by atoms with E-state index in [2.05, 4.69) is 5.32 Å². The Morgan fingerprint density at radius 3 is 2.32 bits per heavy atom. The number of carboxylic acids is 1. The summed E-state index contributed by atoms with van der Waals surface area (Å²) in [5.41, 5.74) is 1.47. The van der Waals surface area contributed by atoms with Crippen molar-refractivity contribution < 1.29 is 37.7 Å². The van der Waals surface area contributed by atoms with Gasteiger partial charge in [-0.1, -0.05) is 59.6 Å². The average molecular weight is 582 g/mol. The minimum absolute atomic E-state index is 0.176. The maximum absolute atomic E-state index is 13.7. The predicted octanol–water partition coefficient (Wildman–Crippen LogP) is 7.10. The molecule has 3 aromatic rings. The highest BCUT2D eigenvalue weighted by Crippen LogP contribution is 2.51. The van der Waals surface area contributed by atoms with Gasteiger partial charge in [0, 0.05) is 17.8 Å². The van der Waals surface area contributed by atoms with E-state index in [4.69, 9.17) is 46.5 Å². The number of rotatable bonds is 12. The molecule has 0 amide bonds. The summed E-state index contributed by atoms with van der Waals surface area (Å²) < 4.78 is 41.8. The molecule has 0 spiro atoms. The van der Waals surface area contributed by atoms with Crippen molar-refractivity contribution in [3.05, 3.63) is 82.3 Å². The number of anilines is 2. The SMILES string of the molecule is CC1OC(C(C)OP(=O)(COc2cc(Cl)c(Nc3ccccc3CC(=O)O)c(Cl)c2)Oc2ccccc2)O1. The van der Waals surface area contributed by atoms with Crippen LogP contribution in [0.15, 0.2) is 66.7 Å². The van der Waals surface area contributed by atoms with Crippen LogP contribution in [-0.4, -0.2) is 36.1 Å². The first kappa shape index (κ1) is 28.2. The zero-order valence-corrected chi connectivity index (χ0v) is 22.9. The van der Waals surface area contributed by atoms with Gasteiger partial charge in [-0.2, -0.15) is 0 Å². The van der Waals surface area contributed by atoms with E-state index in [9.17, 15) is 14.5 Å². The van der Waals surface area contributed by atoms with E-state index >= 15 is 0 Å². The smallest absolute Gasteiger partial charge is 0.416 e. The molecule has 202 valence electrons. The standard InChI is InChI=1S/C26H26Cl2NO8P/c1-16(26-34-17(2)35-26)36-38(32,37-19-9-4-3-5-10-19)15-33-20-13-21(27)25(22(28)14-20)29-23-11-7-6-8-18(23)12-24(30)31/h3-11,13-14,16-17,26,29H,12,15H2,1-2H3,(H,30,31). The van der Waals surface area contributed by atoms with E-state index in [-0.39, 0.29) is 28.5 Å². The molecule has 12 heteroatoms. The van der Waals surface area contributed by atoms with Crippen molar-refractivity contribution in [2.45, 2.75) is 39.0 Å². The van der Waals surface area contributed by atoms with Gasteiger partial charge >= 0.3 is 13.6 Å². The number of carbonyl (C=O) groups is 1. The molecule has 1 saturated heterocycles. The minimum atomic E-state index is -3.87. The van der Waals surface area contributed by atoms with E-state index in [1.165, 1.54) is 12.1 Å². The first-order valence-corrected chi connectivity index (χ1v) is 14.1. The maximum Gasteiger partial charge on any atom is 0.416 e. The Labute approximate surface area is 230 Å². The van der Waals surface area contributed by atoms with Gasteiger partial charge in [-0.05, 0) is 37.6 Å². The van der Waals surface area contributed by atoms with Crippen molar-refractivity contribution in [1.82, 2.24) is 0 Å². The van der Waals surface area contributed by atoms with E-state index in [0.717, 1.165) is 0 Å². The highest BCUT2D eigenvalue weighted by Gasteiger charge is 2.39. The molecule has 2 N–H and O–H groups in total. The minimum Gasteiger partial charge on any atom is -0.481 e. The molecule has 0 saturated carbocycles. The zero-order valence-electron chi connectivity index (χ0n) is 20.5. The van der Waals surface area contributed by atoms with Gasteiger partial charge < -0.3 is 29.2 Å². The molecule has 3 aromatic carbocycles. The number of para-hydroxylation sites is 2. The zero-order chi connectivity index (χ0) is 27.3. The van der Waals surface area contributed by atoms with Crippen LogP contribution in [0.5, 0.6) is 11.5 Å². The molecular formula is C26H26Cl2NO8P. The Morgan fingerprint density at radius 2 is 1.68 bits per heavy atom. The molecular weight excluding hydrogens is 556 g/mol. The first-order chi connectivity index (χ1) is 18.1. The lowest BCUT2D eigenvalue weighted by Crippen LogP contribution is -2.46. The number of hydrogen-bond donors (Lipinski definition) is 2. The van der Waals surface area contributed by atoms with Gasteiger partial charge in [0.25, 0.3) is 0 Å². The van der Waals surface area contributed by atoms with Gasteiger partial charge in [-0.15, -0.1) is 0 Å². The number of ether oxygens (including phenoxy) is 3.